The molecule has 112 valence electrons. The van der Waals surface area contributed by atoms with Gasteiger partial charge in [0.1, 0.15) is 5.69 Å². The normalized spacial score (nSPS) is 11.0. The van der Waals surface area contributed by atoms with Crippen LogP contribution in [-0.4, -0.2) is 19.7 Å². The zero-order valence-corrected chi connectivity index (χ0v) is 12.1. The zero-order valence-electron chi connectivity index (χ0n) is 12.1. The highest BCUT2D eigenvalue weighted by Gasteiger charge is 2.15. The molecule has 0 aliphatic heterocycles. The van der Waals surface area contributed by atoms with Gasteiger partial charge >= 0.3 is 5.76 Å². The molecule has 2 aromatic heterocycles. The fraction of sp³-hybridized carbons (Fsp3) is 0.0588. The van der Waals surface area contributed by atoms with Gasteiger partial charge in [-0.25, -0.2) is 9.78 Å². The summed E-state index contributed by atoms with van der Waals surface area (Å²) in [6.07, 6.45) is 4.67. The van der Waals surface area contributed by atoms with Crippen molar-refractivity contribution in [2.75, 3.05) is 0 Å². The van der Waals surface area contributed by atoms with Gasteiger partial charge in [0.25, 0.3) is 0 Å². The first-order chi connectivity index (χ1) is 11.3. The van der Waals surface area contributed by atoms with Crippen LogP contribution in [0.1, 0.15) is 5.56 Å². The van der Waals surface area contributed by atoms with Crippen molar-refractivity contribution >= 4 is 10.8 Å². The van der Waals surface area contributed by atoms with Gasteiger partial charge in [0.05, 0.1) is 12.7 Å². The van der Waals surface area contributed by atoms with E-state index in [2.05, 4.69) is 15.1 Å². The highest BCUT2D eigenvalue weighted by molar-refractivity contribution is 5.85. The summed E-state index contributed by atoms with van der Waals surface area (Å²) in [6, 6.07) is 14.0. The largest absolute Gasteiger partial charge is 0.442 e. The van der Waals surface area contributed by atoms with Gasteiger partial charge < -0.3 is 0 Å². The van der Waals surface area contributed by atoms with Crippen molar-refractivity contribution in [2.45, 2.75) is 6.54 Å². The Hall–Kier alpha value is -3.28. The lowest BCUT2D eigenvalue weighted by atomic mass is 10.0. The van der Waals surface area contributed by atoms with Crippen molar-refractivity contribution in [3.05, 3.63) is 77.2 Å². The van der Waals surface area contributed by atoms with E-state index < -0.39 is 5.76 Å². The molecular formula is C17H12N4O2. The van der Waals surface area contributed by atoms with Crippen LogP contribution >= 0.6 is 0 Å². The Labute approximate surface area is 131 Å². The van der Waals surface area contributed by atoms with Crippen molar-refractivity contribution in [3.63, 3.8) is 0 Å². The molecule has 0 radical (unpaired) electrons. The van der Waals surface area contributed by atoms with Gasteiger partial charge in [-0.3, -0.25) is 14.1 Å². The Morgan fingerprint density at radius 1 is 1.04 bits per heavy atom. The molecule has 0 aliphatic rings. The molecule has 2 aromatic carbocycles. The minimum Gasteiger partial charge on any atom is -0.295 e. The molecule has 0 bridgehead atoms. The third kappa shape index (κ3) is 2.40. The van der Waals surface area contributed by atoms with Crippen LogP contribution in [0.15, 0.2) is 70.4 Å². The van der Waals surface area contributed by atoms with Gasteiger partial charge in [-0.1, -0.05) is 47.6 Å². The number of benzene rings is 2. The molecule has 0 N–H and O–H groups in total. The van der Waals surface area contributed by atoms with Crippen molar-refractivity contribution in [3.8, 4) is 11.5 Å². The van der Waals surface area contributed by atoms with Crippen LogP contribution in [0, 0.1) is 0 Å². The first-order valence-corrected chi connectivity index (χ1v) is 7.12. The standard InChI is InChI=1S/C17H12N4O2/c22-17-21(16(20-23-17)15-10-18-8-9-19-15)11-13-6-3-5-12-4-1-2-7-14(12)13/h1-10H,11H2. The molecule has 6 nitrogen and oxygen atoms in total. The number of nitrogens with zero attached hydrogens (tertiary/aromatic N) is 4. The number of hydrogen-bond acceptors (Lipinski definition) is 5. The summed E-state index contributed by atoms with van der Waals surface area (Å²) in [5.74, 6) is -0.144. The summed E-state index contributed by atoms with van der Waals surface area (Å²) in [4.78, 5) is 20.2. The van der Waals surface area contributed by atoms with Crippen LogP contribution in [0.25, 0.3) is 22.3 Å². The van der Waals surface area contributed by atoms with Crippen LogP contribution in [0.2, 0.25) is 0 Å². The lowest BCUT2D eigenvalue weighted by Gasteiger charge is -2.07. The molecule has 0 amide bonds. The average molecular weight is 304 g/mol. The van der Waals surface area contributed by atoms with Gasteiger partial charge in [0.2, 0.25) is 5.82 Å². The molecule has 0 atom stereocenters. The Morgan fingerprint density at radius 3 is 2.78 bits per heavy atom. The van der Waals surface area contributed by atoms with Gasteiger partial charge in [-0.2, -0.15) is 0 Å². The smallest absolute Gasteiger partial charge is 0.295 e. The molecule has 0 saturated heterocycles. The first kappa shape index (κ1) is 13.4. The van der Waals surface area contributed by atoms with E-state index in [1.54, 1.807) is 18.6 Å². The summed E-state index contributed by atoms with van der Waals surface area (Å²) in [5.41, 5.74) is 1.51. The highest BCUT2D eigenvalue weighted by atomic mass is 16.5. The van der Waals surface area contributed by atoms with E-state index in [0.29, 0.717) is 18.1 Å². The summed E-state index contributed by atoms with van der Waals surface area (Å²) in [7, 11) is 0. The van der Waals surface area contributed by atoms with E-state index in [9.17, 15) is 4.79 Å². The van der Waals surface area contributed by atoms with E-state index in [1.807, 2.05) is 42.5 Å². The third-order valence-corrected chi connectivity index (χ3v) is 3.69. The maximum atomic E-state index is 12.0. The second-order valence-electron chi connectivity index (χ2n) is 5.09. The quantitative estimate of drug-likeness (QED) is 0.581. The molecule has 0 saturated carbocycles. The Bertz CT molecular complexity index is 1020. The van der Waals surface area contributed by atoms with Crippen molar-refractivity contribution in [1.82, 2.24) is 19.7 Å². The van der Waals surface area contributed by atoms with Crippen molar-refractivity contribution < 1.29 is 4.52 Å². The fourth-order valence-electron chi connectivity index (χ4n) is 2.61. The number of rotatable bonds is 3. The fourth-order valence-corrected chi connectivity index (χ4v) is 2.61. The predicted octanol–water partition coefficient (Wildman–Crippen LogP) is 2.49. The highest BCUT2D eigenvalue weighted by Crippen LogP contribution is 2.20. The first-order valence-electron chi connectivity index (χ1n) is 7.12. The van der Waals surface area contributed by atoms with Gasteiger partial charge in [-0.05, 0) is 16.3 Å². The molecule has 4 aromatic rings. The van der Waals surface area contributed by atoms with Crippen LogP contribution in [0.5, 0.6) is 0 Å². The minimum atomic E-state index is -0.515. The van der Waals surface area contributed by atoms with Crippen LogP contribution in [0.3, 0.4) is 0 Å². The van der Waals surface area contributed by atoms with E-state index in [4.69, 9.17) is 4.52 Å². The van der Waals surface area contributed by atoms with Gasteiger partial charge in [0, 0.05) is 12.4 Å². The SMILES string of the molecule is O=c1onc(-c2cnccn2)n1Cc1cccc2ccccc12. The molecule has 0 unspecified atom stereocenters. The number of hydrogen-bond donors (Lipinski definition) is 0. The van der Waals surface area contributed by atoms with Crippen LogP contribution < -0.4 is 5.76 Å². The van der Waals surface area contributed by atoms with Gasteiger partial charge in [0.15, 0.2) is 0 Å². The topological polar surface area (TPSA) is 73.8 Å². The third-order valence-electron chi connectivity index (χ3n) is 3.69. The second-order valence-corrected chi connectivity index (χ2v) is 5.09. The molecular weight excluding hydrogens is 292 g/mol. The Balaban J connectivity index is 1.83. The summed E-state index contributed by atoms with van der Waals surface area (Å²) < 4.78 is 6.29. The second kappa shape index (κ2) is 5.49. The molecule has 4 rings (SSSR count). The molecule has 2 heterocycles. The van der Waals surface area contributed by atoms with E-state index >= 15 is 0 Å². The zero-order chi connectivity index (χ0) is 15.6. The average Bonchev–Trinajstić information content (AvgIpc) is 2.97. The molecule has 6 heteroatoms. The van der Waals surface area contributed by atoms with Crippen LogP contribution in [-0.2, 0) is 6.54 Å². The maximum absolute atomic E-state index is 12.0. The van der Waals surface area contributed by atoms with Crippen molar-refractivity contribution in [2.24, 2.45) is 0 Å². The predicted molar refractivity (Wildman–Crippen MR) is 84.8 cm³/mol. The molecule has 23 heavy (non-hydrogen) atoms. The maximum Gasteiger partial charge on any atom is 0.442 e. The van der Waals surface area contributed by atoms with E-state index in [-0.39, 0.29) is 0 Å². The Kier molecular flexibility index (Phi) is 3.20. The summed E-state index contributed by atoms with van der Waals surface area (Å²) in [6.45, 7) is 0.357. The molecule has 0 aliphatic carbocycles. The minimum absolute atomic E-state index is 0.357. The number of fused-ring (bicyclic) bond motifs is 1. The molecule has 0 spiro atoms. The van der Waals surface area contributed by atoms with E-state index in [1.165, 1.54) is 4.57 Å². The van der Waals surface area contributed by atoms with Crippen LogP contribution in [0.4, 0.5) is 0 Å². The lowest BCUT2D eigenvalue weighted by molar-refractivity contribution is 0.378. The van der Waals surface area contributed by atoms with E-state index in [0.717, 1.165) is 16.3 Å². The lowest BCUT2D eigenvalue weighted by Crippen LogP contribution is -2.16. The monoisotopic (exact) mass is 304 g/mol. The van der Waals surface area contributed by atoms with Gasteiger partial charge in [-0.15, -0.1) is 0 Å². The Morgan fingerprint density at radius 2 is 1.91 bits per heavy atom. The summed E-state index contributed by atoms with van der Waals surface area (Å²) >= 11 is 0. The van der Waals surface area contributed by atoms with Crippen molar-refractivity contribution in [1.29, 1.82) is 0 Å². The number of aromatic nitrogens is 4. The summed E-state index contributed by atoms with van der Waals surface area (Å²) in [5, 5.41) is 6.05. The molecule has 0 fully saturated rings.